The van der Waals surface area contributed by atoms with Gasteiger partial charge in [0.05, 0.1) is 0 Å². The van der Waals surface area contributed by atoms with E-state index in [1.807, 2.05) is 24.3 Å². The second-order valence-corrected chi connectivity index (χ2v) is 6.78. The zero-order valence-electron chi connectivity index (χ0n) is 13.5. The van der Waals surface area contributed by atoms with Crippen LogP contribution in [0.25, 0.3) is 11.1 Å². The van der Waals surface area contributed by atoms with Gasteiger partial charge in [0.1, 0.15) is 11.3 Å². The molecule has 1 heterocycles. The molecule has 0 bridgehead atoms. The van der Waals surface area contributed by atoms with Crippen molar-refractivity contribution in [2.75, 3.05) is 5.75 Å². The monoisotopic (exact) mass is 348 g/mol. The molecule has 0 saturated heterocycles. The molecule has 1 N–H and O–H groups in total. The highest BCUT2D eigenvalue weighted by atomic mass is 32.2. The number of carbonyl (C=O) groups excluding carboxylic acids is 2. The number of nitrogens with zero attached hydrogens (tertiary/aromatic N) is 1. The zero-order chi connectivity index (χ0) is 16.9. The minimum Gasteiger partial charge on any atom is -0.452 e. The van der Waals surface area contributed by atoms with Crippen molar-refractivity contribution in [3.05, 3.63) is 24.3 Å². The molecule has 7 heteroatoms. The van der Waals surface area contributed by atoms with Gasteiger partial charge in [-0.2, -0.15) is 0 Å². The molecular formula is C17H20N2O4S. The molecule has 0 spiro atoms. The summed E-state index contributed by atoms with van der Waals surface area (Å²) in [6, 6.07) is 7.61. The SMILES string of the molecule is C[C@@H](OC(=O)CSc1nc2ccccc2o1)C(=O)NC1CCCC1. The summed E-state index contributed by atoms with van der Waals surface area (Å²) in [6.07, 6.45) is 3.49. The number of para-hydroxylation sites is 2. The molecule has 3 rings (SSSR count). The van der Waals surface area contributed by atoms with Crippen molar-refractivity contribution in [2.45, 2.75) is 50.0 Å². The number of amides is 1. The fourth-order valence-electron chi connectivity index (χ4n) is 2.71. The molecule has 1 aromatic heterocycles. The Kier molecular flexibility index (Phi) is 5.40. The minimum atomic E-state index is -0.790. The van der Waals surface area contributed by atoms with E-state index >= 15 is 0 Å². The Morgan fingerprint density at radius 1 is 1.38 bits per heavy atom. The summed E-state index contributed by atoms with van der Waals surface area (Å²) in [5, 5.41) is 3.33. The van der Waals surface area contributed by atoms with Crippen molar-refractivity contribution in [1.29, 1.82) is 0 Å². The number of rotatable bonds is 6. The summed E-state index contributed by atoms with van der Waals surface area (Å²) in [5.74, 6) is -0.646. The van der Waals surface area contributed by atoms with Crippen LogP contribution in [0.15, 0.2) is 33.9 Å². The van der Waals surface area contributed by atoms with Crippen LogP contribution in [-0.2, 0) is 14.3 Å². The first-order chi connectivity index (χ1) is 11.6. The van der Waals surface area contributed by atoms with Crippen molar-refractivity contribution in [1.82, 2.24) is 10.3 Å². The molecule has 128 valence electrons. The fourth-order valence-corrected chi connectivity index (χ4v) is 3.33. The molecule has 1 aliphatic carbocycles. The highest BCUT2D eigenvalue weighted by Crippen LogP contribution is 2.23. The topological polar surface area (TPSA) is 81.4 Å². The van der Waals surface area contributed by atoms with Crippen LogP contribution < -0.4 is 5.32 Å². The fraction of sp³-hybridized carbons (Fsp3) is 0.471. The molecule has 0 unspecified atom stereocenters. The zero-order valence-corrected chi connectivity index (χ0v) is 14.3. The minimum absolute atomic E-state index is 0.0495. The van der Waals surface area contributed by atoms with E-state index in [0.717, 1.165) is 43.0 Å². The maximum Gasteiger partial charge on any atom is 0.317 e. The standard InChI is InChI=1S/C17H20N2O4S/c1-11(16(21)18-12-6-2-3-7-12)22-15(20)10-24-17-19-13-8-4-5-9-14(13)23-17/h4-5,8-9,11-12H,2-3,6-7,10H2,1H3,(H,18,21)/t11-/m1/s1. The van der Waals surface area contributed by atoms with Gasteiger partial charge in [-0.3, -0.25) is 9.59 Å². The van der Waals surface area contributed by atoms with E-state index in [1.165, 1.54) is 0 Å². The smallest absolute Gasteiger partial charge is 0.317 e. The number of fused-ring (bicyclic) bond motifs is 1. The van der Waals surface area contributed by atoms with E-state index in [-0.39, 0.29) is 17.7 Å². The maximum absolute atomic E-state index is 12.0. The van der Waals surface area contributed by atoms with Gasteiger partial charge >= 0.3 is 5.97 Å². The molecule has 1 atom stereocenters. The Labute approximate surface area is 144 Å². The lowest BCUT2D eigenvalue weighted by atomic mass is 10.2. The summed E-state index contributed by atoms with van der Waals surface area (Å²) in [4.78, 5) is 28.2. The van der Waals surface area contributed by atoms with Crippen LogP contribution in [0, 0.1) is 0 Å². The molecule has 0 aliphatic heterocycles. The van der Waals surface area contributed by atoms with Crippen LogP contribution >= 0.6 is 11.8 Å². The molecule has 0 radical (unpaired) electrons. The average Bonchev–Trinajstić information content (AvgIpc) is 3.21. The average molecular weight is 348 g/mol. The summed E-state index contributed by atoms with van der Waals surface area (Å²) in [5.41, 5.74) is 1.43. The number of hydrogen-bond acceptors (Lipinski definition) is 6. The predicted molar refractivity (Wildman–Crippen MR) is 90.7 cm³/mol. The van der Waals surface area contributed by atoms with Crippen molar-refractivity contribution in [2.24, 2.45) is 0 Å². The van der Waals surface area contributed by atoms with E-state index in [0.29, 0.717) is 10.8 Å². The van der Waals surface area contributed by atoms with Gasteiger partial charge in [-0.15, -0.1) is 0 Å². The summed E-state index contributed by atoms with van der Waals surface area (Å²) in [6.45, 7) is 1.59. The normalized spacial score (nSPS) is 16.2. The van der Waals surface area contributed by atoms with Crippen molar-refractivity contribution in [3.8, 4) is 0 Å². The van der Waals surface area contributed by atoms with Crippen LogP contribution in [0.4, 0.5) is 0 Å². The van der Waals surface area contributed by atoms with Gasteiger partial charge in [-0.1, -0.05) is 36.7 Å². The Balaban J connectivity index is 1.45. The molecule has 2 aromatic rings. The third-order valence-electron chi connectivity index (χ3n) is 3.97. The lowest BCUT2D eigenvalue weighted by Crippen LogP contribution is -2.41. The van der Waals surface area contributed by atoms with Crippen LogP contribution in [0.2, 0.25) is 0 Å². The van der Waals surface area contributed by atoms with Gasteiger partial charge in [-0.25, -0.2) is 4.98 Å². The molecule has 24 heavy (non-hydrogen) atoms. The van der Waals surface area contributed by atoms with Crippen LogP contribution in [-0.4, -0.2) is 34.8 Å². The van der Waals surface area contributed by atoms with Crippen LogP contribution in [0.5, 0.6) is 0 Å². The third kappa shape index (κ3) is 4.29. The van der Waals surface area contributed by atoms with Gasteiger partial charge in [0.15, 0.2) is 11.7 Å². The number of esters is 1. The largest absolute Gasteiger partial charge is 0.452 e. The number of nitrogens with one attached hydrogen (secondary N) is 1. The summed E-state index contributed by atoms with van der Waals surface area (Å²) in [7, 11) is 0. The first-order valence-corrected chi connectivity index (χ1v) is 9.08. The number of oxazole rings is 1. The molecule has 1 amide bonds. The Bertz CT molecular complexity index is 691. The molecule has 1 aliphatic rings. The van der Waals surface area contributed by atoms with Crippen molar-refractivity contribution >= 4 is 34.7 Å². The molecule has 6 nitrogen and oxygen atoms in total. The second-order valence-electron chi connectivity index (χ2n) is 5.86. The molecule has 1 aromatic carbocycles. The first kappa shape index (κ1) is 16.8. The molecular weight excluding hydrogens is 328 g/mol. The highest BCUT2D eigenvalue weighted by molar-refractivity contribution is 7.99. The van der Waals surface area contributed by atoms with Crippen molar-refractivity contribution in [3.63, 3.8) is 0 Å². The number of carbonyl (C=O) groups is 2. The van der Waals surface area contributed by atoms with E-state index in [1.54, 1.807) is 6.92 Å². The summed E-state index contributed by atoms with van der Waals surface area (Å²) >= 11 is 1.16. The number of ether oxygens (including phenoxy) is 1. The van der Waals surface area contributed by atoms with E-state index in [9.17, 15) is 9.59 Å². The predicted octanol–water partition coefficient (Wildman–Crippen LogP) is 2.91. The lowest BCUT2D eigenvalue weighted by molar-refractivity contribution is -0.152. The highest BCUT2D eigenvalue weighted by Gasteiger charge is 2.23. The summed E-state index contributed by atoms with van der Waals surface area (Å²) < 4.78 is 10.7. The maximum atomic E-state index is 12.0. The number of thioether (sulfide) groups is 1. The van der Waals surface area contributed by atoms with Crippen LogP contribution in [0.1, 0.15) is 32.6 Å². The third-order valence-corrected chi connectivity index (χ3v) is 4.77. The van der Waals surface area contributed by atoms with E-state index in [2.05, 4.69) is 10.3 Å². The Morgan fingerprint density at radius 3 is 2.88 bits per heavy atom. The Hall–Kier alpha value is -2.02. The van der Waals surface area contributed by atoms with E-state index < -0.39 is 12.1 Å². The van der Waals surface area contributed by atoms with Gasteiger partial charge in [-0.05, 0) is 31.9 Å². The number of hydrogen-bond donors (Lipinski definition) is 1. The lowest BCUT2D eigenvalue weighted by Gasteiger charge is -2.16. The number of aromatic nitrogens is 1. The van der Waals surface area contributed by atoms with Gasteiger partial charge in [0.25, 0.3) is 11.1 Å². The van der Waals surface area contributed by atoms with Gasteiger partial charge in [0, 0.05) is 6.04 Å². The first-order valence-electron chi connectivity index (χ1n) is 8.10. The second kappa shape index (κ2) is 7.70. The van der Waals surface area contributed by atoms with E-state index in [4.69, 9.17) is 9.15 Å². The van der Waals surface area contributed by atoms with Gasteiger partial charge < -0.3 is 14.5 Å². The van der Waals surface area contributed by atoms with Crippen molar-refractivity contribution < 1.29 is 18.7 Å². The quantitative estimate of drug-likeness (QED) is 0.638. The Morgan fingerprint density at radius 2 is 2.12 bits per heavy atom. The molecule has 1 fully saturated rings. The molecule has 1 saturated carbocycles. The van der Waals surface area contributed by atoms with Gasteiger partial charge in [0.2, 0.25) is 0 Å². The number of benzene rings is 1. The van der Waals surface area contributed by atoms with Crippen LogP contribution in [0.3, 0.4) is 0 Å².